The summed E-state index contributed by atoms with van der Waals surface area (Å²) in [5.41, 5.74) is 9.32. The van der Waals surface area contributed by atoms with Crippen molar-refractivity contribution < 1.29 is 47.5 Å². The topological polar surface area (TPSA) is 194 Å². The average molecular weight is 1150 g/mol. The number of hydrogen-bond acceptors (Lipinski definition) is 16. The van der Waals surface area contributed by atoms with E-state index in [4.69, 9.17) is 66.5 Å². The SMILES string of the molecule is CN=Cc1cncc(COc2cc(OCc3cccc(-c4cccc(COc5cc(OCc6cncc(C=N)c6)c(CN[C@H](C(=O)OC)[C@@H](C)OC(C)(C)C)cc5Cl)c4C)c3C)c(Cl)cc2CN[C@H](C(=O)OC)[C@@H](C)OC(C)(C)C)c1. The van der Waals surface area contributed by atoms with Crippen molar-refractivity contribution in [2.75, 3.05) is 21.3 Å². The number of aromatic nitrogens is 2. The van der Waals surface area contributed by atoms with Crippen LogP contribution in [0.3, 0.4) is 0 Å². The lowest BCUT2D eigenvalue weighted by Crippen LogP contribution is -2.48. The van der Waals surface area contributed by atoms with Gasteiger partial charge in [0.2, 0.25) is 0 Å². The first-order valence-corrected chi connectivity index (χ1v) is 27.4. The van der Waals surface area contributed by atoms with E-state index >= 15 is 0 Å². The van der Waals surface area contributed by atoms with Crippen LogP contribution in [-0.2, 0) is 68.1 Å². The molecule has 0 aliphatic carbocycles. The first kappa shape index (κ1) is 63.3. The normalized spacial score (nSPS) is 13.3. The van der Waals surface area contributed by atoms with Crippen LogP contribution in [-0.4, -0.2) is 91.1 Å². The predicted molar refractivity (Wildman–Crippen MR) is 317 cm³/mol. The number of aliphatic imine (C=N–C) groups is 1. The van der Waals surface area contributed by atoms with Crippen LogP contribution in [0.5, 0.6) is 23.0 Å². The number of hydrogen-bond donors (Lipinski definition) is 3. The molecule has 18 heteroatoms. The number of carbonyl (C=O) groups excluding carboxylic acids is 2. The van der Waals surface area contributed by atoms with E-state index in [0.717, 1.165) is 50.1 Å². The van der Waals surface area contributed by atoms with Gasteiger partial charge in [0.25, 0.3) is 0 Å². The summed E-state index contributed by atoms with van der Waals surface area (Å²) in [7, 11) is 4.39. The standard InChI is InChI=1S/C63H76Cl2N6O10/c1-38-46(36-78-56-24-54(76-34-44-20-42(26-66)28-68-30-44)48(22-52(56)64)32-70-58(60(72)74-12)40(3)80-62(5,6)7)16-14-18-50(38)51-19-15-17-47(39(51)2)37-79-57-25-55(77-35-45-21-43(27-67-11)29-69-31-45)49(23-53(57)65)33-71-59(61(73)75-13)41(4)81-63(8,9)10/h14-31,40-41,58-59,66,70-71H,32-37H2,1-13H3/t40-,41-,58+,59+/m1/s1. The number of nitrogens with one attached hydrogen (secondary N) is 3. The van der Waals surface area contributed by atoms with E-state index in [9.17, 15) is 9.59 Å². The number of halogens is 2. The zero-order valence-corrected chi connectivity index (χ0v) is 50.1. The molecule has 3 N–H and O–H groups in total. The summed E-state index contributed by atoms with van der Waals surface area (Å²) in [6.07, 6.45) is 8.64. The largest absolute Gasteiger partial charge is 0.488 e. The van der Waals surface area contributed by atoms with Gasteiger partial charge in [-0.3, -0.25) is 35.2 Å². The van der Waals surface area contributed by atoms with Gasteiger partial charge in [-0.05, 0) is 127 Å². The van der Waals surface area contributed by atoms with Crippen molar-refractivity contribution in [1.82, 2.24) is 20.6 Å². The summed E-state index contributed by atoms with van der Waals surface area (Å²) >= 11 is 14.0. The summed E-state index contributed by atoms with van der Waals surface area (Å²) in [6, 6.07) is 21.5. The van der Waals surface area contributed by atoms with Gasteiger partial charge in [0.15, 0.2) is 0 Å². The van der Waals surface area contributed by atoms with E-state index in [1.807, 2.05) is 91.8 Å². The van der Waals surface area contributed by atoms with Gasteiger partial charge >= 0.3 is 11.9 Å². The molecule has 0 aliphatic rings. The molecule has 2 heterocycles. The zero-order valence-electron chi connectivity index (χ0n) is 48.6. The van der Waals surface area contributed by atoms with E-state index in [-0.39, 0.29) is 39.5 Å². The number of ether oxygens (including phenoxy) is 8. The Bertz CT molecular complexity index is 3160. The minimum absolute atomic E-state index is 0.140. The second-order valence-electron chi connectivity index (χ2n) is 21.5. The first-order chi connectivity index (χ1) is 38.5. The molecule has 4 aromatic carbocycles. The Kier molecular flexibility index (Phi) is 22.8. The molecule has 6 rings (SSSR count). The third-order valence-electron chi connectivity index (χ3n) is 13.0. The molecule has 0 fully saturated rings. The maximum absolute atomic E-state index is 13.0. The Labute approximate surface area is 486 Å². The van der Waals surface area contributed by atoms with Crippen LogP contribution in [0.1, 0.15) is 111 Å². The fraction of sp³-hybridized carbons (Fsp3) is 0.397. The number of carbonyl (C=O) groups is 2. The number of methoxy groups -OCH3 is 2. The molecule has 0 amide bonds. The van der Waals surface area contributed by atoms with E-state index in [1.54, 1.807) is 62.3 Å². The van der Waals surface area contributed by atoms with Crippen molar-refractivity contribution in [3.05, 3.63) is 163 Å². The third-order valence-corrected chi connectivity index (χ3v) is 13.6. The van der Waals surface area contributed by atoms with Crippen LogP contribution in [0.2, 0.25) is 10.0 Å². The lowest BCUT2D eigenvalue weighted by atomic mass is 9.92. The number of nitrogens with zero attached hydrogens (tertiary/aromatic N) is 3. The Morgan fingerprint density at radius 3 is 1.40 bits per heavy atom. The fourth-order valence-electron chi connectivity index (χ4n) is 9.11. The van der Waals surface area contributed by atoms with Crippen LogP contribution in [0.4, 0.5) is 0 Å². The van der Waals surface area contributed by atoms with E-state index in [2.05, 4.69) is 51.6 Å². The van der Waals surface area contributed by atoms with Gasteiger partial charge in [-0.25, -0.2) is 0 Å². The first-order valence-electron chi connectivity index (χ1n) is 26.6. The Morgan fingerprint density at radius 1 is 0.593 bits per heavy atom. The quantitative estimate of drug-likeness (QED) is 0.0326. The maximum atomic E-state index is 13.0. The smallest absolute Gasteiger partial charge is 0.325 e. The second-order valence-corrected chi connectivity index (χ2v) is 22.3. The van der Waals surface area contributed by atoms with E-state index in [1.165, 1.54) is 20.4 Å². The minimum atomic E-state index is -0.797. The molecule has 0 bridgehead atoms. The molecule has 4 atom stereocenters. The van der Waals surface area contributed by atoms with Gasteiger partial charge in [0.05, 0.1) is 47.7 Å². The lowest BCUT2D eigenvalue weighted by Gasteiger charge is -2.30. The van der Waals surface area contributed by atoms with Crippen molar-refractivity contribution in [1.29, 1.82) is 5.41 Å². The molecule has 16 nitrogen and oxygen atoms in total. The van der Waals surface area contributed by atoms with E-state index < -0.39 is 47.4 Å². The summed E-state index contributed by atoms with van der Waals surface area (Å²) in [5.74, 6) is 0.829. The maximum Gasteiger partial charge on any atom is 0.325 e. The summed E-state index contributed by atoms with van der Waals surface area (Å²) in [4.78, 5) is 38.8. The molecule has 6 aromatic rings. The monoisotopic (exact) mass is 1150 g/mol. The van der Waals surface area contributed by atoms with Gasteiger partial charge in [-0.15, -0.1) is 0 Å². The molecule has 0 saturated carbocycles. The van der Waals surface area contributed by atoms with Crippen molar-refractivity contribution in [2.45, 2.75) is 144 Å². The Hall–Kier alpha value is -6.92. The van der Waals surface area contributed by atoms with Gasteiger partial charge in [-0.2, -0.15) is 0 Å². The highest BCUT2D eigenvalue weighted by molar-refractivity contribution is 6.32. The van der Waals surface area contributed by atoms with Crippen LogP contribution in [0, 0.1) is 19.3 Å². The van der Waals surface area contributed by atoms with Crippen molar-refractivity contribution in [2.24, 2.45) is 4.99 Å². The molecular weight excluding hydrogens is 1070 g/mol. The highest BCUT2D eigenvalue weighted by Gasteiger charge is 2.32. The van der Waals surface area contributed by atoms with Crippen LogP contribution in [0.15, 0.2) is 103 Å². The molecule has 0 spiro atoms. The van der Waals surface area contributed by atoms with Crippen molar-refractivity contribution in [3.63, 3.8) is 0 Å². The van der Waals surface area contributed by atoms with E-state index in [0.29, 0.717) is 49.7 Å². The Morgan fingerprint density at radius 2 is 1.00 bits per heavy atom. The fourth-order valence-corrected chi connectivity index (χ4v) is 9.60. The average Bonchev–Trinajstić information content (AvgIpc) is 3.60. The Balaban J connectivity index is 1.23. The van der Waals surface area contributed by atoms with Crippen LogP contribution >= 0.6 is 23.2 Å². The molecule has 2 aromatic heterocycles. The van der Waals surface area contributed by atoms with Crippen LogP contribution < -0.4 is 29.6 Å². The molecule has 0 saturated heterocycles. The van der Waals surface area contributed by atoms with Gasteiger partial charge in [-0.1, -0.05) is 59.6 Å². The highest BCUT2D eigenvalue weighted by Crippen LogP contribution is 2.38. The summed E-state index contributed by atoms with van der Waals surface area (Å²) in [5, 5.41) is 15.0. The van der Waals surface area contributed by atoms with Crippen molar-refractivity contribution >= 4 is 47.6 Å². The second kappa shape index (κ2) is 29.2. The lowest BCUT2D eigenvalue weighted by molar-refractivity contribution is -0.152. The van der Waals surface area contributed by atoms with Crippen LogP contribution in [0.25, 0.3) is 11.1 Å². The molecule has 81 heavy (non-hydrogen) atoms. The van der Waals surface area contributed by atoms with Gasteiger partial charge in [0, 0.05) is 103 Å². The van der Waals surface area contributed by atoms with Crippen molar-refractivity contribution in [3.8, 4) is 34.1 Å². The third kappa shape index (κ3) is 18.3. The van der Waals surface area contributed by atoms with Gasteiger partial charge < -0.3 is 43.3 Å². The minimum Gasteiger partial charge on any atom is -0.488 e. The number of rotatable bonds is 27. The summed E-state index contributed by atoms with van der Waals surface area (Å²) < 4.78 is 48.5. The van der Waals surface area contributed by atoms with Gasteiger partial charge in [0.1, 0.15) is 61.5 Å². The molecule has 0 unspecified atom stereocenters. The number of benzene rings is 4. The summed E-state index contributed by atoms with van der Waals surface area (Å²) in [6.45, 7) is 20.4. The molecule has 0 aliphatic heterocycles. The number of esters is 2. The highest BCUT2D eigenvalue weighted by atomic mass is 35.5. The molecule has 0 radical (unpaired) electrons. The molecular formula is C63H76Cl2N6O10. The number of pyridine rings is 2. The predicted octanol–water partition coefficient (Wildman–Crippen LogP) is 12.1. The molecule has 432 valence electrons. The zero-order chi connectivity index (χ0) is 59.0.